The highest BCUT2D eigenvalue weighted by Crippen LogP contribution is 2.18. The monoisotopic (exact) mass is 246 g/mol. The molecule has 0 aromatic carbocycles. The second-order valence-corrected chi connectivity index (χ2v) is 5.21. The molecular formula is C14H22N4. The second-order valence-electron chi connectivity index (χ2n) is 5.21. The van der Waals surface area contributed by atoms with E-state index in [4.69, 9.17) is 0 Å². The molecule has 1 aromatic heterocycles. The molecule has 0 atom stereocenters. The molecule has 2 saturated heterocycles. The summed E-state index contributed by atoms with van der Waals surface area (Å²) in [7, 11) is 0. The lowest BCUT2D eigenvalue weighted by Gasteiger charge is -2.41. The molecule has 0 aliphatic carbocycles. The van der Waals surface area contributed by atoms with E-state index in [1.165, 1.54) is 44.7 Å². The first-order valence-electron chi connectivity index (χ1n) is 7.03. The van der Waals surface area contributed by atoms with Gasteiger partial charge in [-0.1, -0.05) is 0 Å². The normalized spacial score (nSPS) is 23.2. The number of anilines is 1. The van der Waals surface area contributed by atoms with Gasteiger partial charge >= 0.3 is 0 Å². The largest absolute Gasteiger partial charge is 0.369 e. The Labute approximate surface area is 109 Å². The van der Waals surface area contributed by atoms with E-state index in [0.29, 0.717) is 0 Å². The van der Waals surface area contributed by atoms with Crippen LogP contribution in [-0.4, -0.2) is 55.2 Å². The molecular weight excluding hydrogens is 224 g/mol. The number of nitrogens with one attached hydrogen (secondary N) is 1. The van der Waals surface area contributed by atoms with Gasteiger partial charge in [0.05, 0.1) is 0 Å². The van der Waals surface area contributed by atoms with Crippen LogP contribution in [0, 0.1) is 0 Å². The minimum atomic E-state index is 0.811. The van der Waals surface area contributed by atoms with Crippen molar-refractivity contribution in [1.29, 1.82) is 0 Å². The van der Waals surface area contributed by atoms with E-state index < -0.39 is 0 Å². The molecule has 98 valence electrons. The smallest absolute Gasteiger partial charge is 0.0397 e. The zero-order valence-corrected chi connectivity index (χ0v) is 10.9. The van der Waals surface area contributed by atoms with Crippen molar-refractivity contribution in [3.8, 4) is 0 Å². The summed E-state index contributed by atoms with van der Waals surface area (Å²) in [4.78, 5) is 9.24. The summed E-state index contributed by atoms with van der Waals surface area (Å²) in [5, 5.41) is 3.44. The molecule has 0 bridgehead atoms. The summed E-state index contributed by atoms with van der Waals surface area (Å²) in [5.41, 5.74) is 1.31. The molecule has 1 aromatic rings. The first kappa shape index (κ1) is 11.9. The molecule has 3 heterocycles. The fraction of sp³-hybridized carbons (Fsp3) is 0.643. The third kappa shape index (κ3) is 2.65. The number of nitrogens with zero attached hydrogens (tertiary/aromatic N) is 3. The first-order chi connectivity index (χ1) is 8.93. The maximum absolute atomic E-state index is 4.08. The van der Waals surface area contributed by atoms with E-state index >= 15 is 0 Å². The Morgan fingerprint density at radius 1 is 1.00 bits per heavy atom. The summed E-state index contributed by atoms with van der Waals surface area (Å²) in [6.45, 7) is 7.08. The van der Waals surface area contributed by atoms with Crippen LogP contribution in [0.1, 0.15) is 12.8 Å². The van der Waals surface area contributed by atoms with Crippen molar-refractivity contribution in [2.24, 2.45) is 0 Å². The highest BCUT2D eigenvalue weighted by molar-refractivity contribution is 5.44. The number of rotatable bonds is 2. The molecule has 4 nitrogen and oxygen atoms in total. The lowest BCUT2D eigenvalue weighted by molar-refractivity contribution is 0.153. The molecule has 0 spiro atoms. The van der Waals surface area contributed by atoms with E-state index in [2.05, 4.69) is 32.2 Å². The van der Waals surface area contributed by atoms with E-state index in [1.54, 1.807) is 0 Å². The molecule has 4 heteroatoms. The van der Waals surface area contributed by atoms with Crippen molar-refractivity contribution >= 4 is 5.69 Å². The summed E-state index contributed by atoms with van der Waals surface area (Å²) in [5.74, 6) is 0. The maximum atomic E-state index is 4.08. The average Bonchev–Trinajstić information content (AvgIpc) is 2.49. The van der Waals surface area contributed by atoms with Crippen LogP contribution < -0.4 is 10.2 Å². The highest BCUT2D eigenvalue weighted by atomic mass is 15.3. The van der Waals surface area contributed by atoms with Gasteiger partial charge in [0.15, 0.2) is 0 Å². The molecule has 0 amide bonds. The number of pyridine rings is 1. The Morgan fingerprint density at radius 3 is 2.33 bits per heavy atom. The van der Waals surface area contributed by atoms with Gasteiger partial charge < -0.3 is 10.2 Å². The minimum absolute atomic E-state index is 0.811. The van der Waals surface area contributed by atoms with E-state index in [9.17, 15) is 0 Å². The van der Waals surface area contributed by atoms with E-state index in [-0.39, 0.29) is 0 Å². The first-order valence-corrected chi connectivity index (χ1v) is 7.03. The third-order valence-electron chi connectivity index (χ3n) is 4.17. The zero-order valence-electron chi connectivity index (χ0n) is 10.9. The van der Waals surface area contributed by atoms with Crippen LogP contribution in [0.15, 0.2) is 24.5 Å². The van der Waals surface area contributed by atoms with Crippen molar-refractivity contribution in [2.45, 2.75) is 18.9 Å². The lowest BCUT2D eigenvalue weighted by Crippen LogP contribution is -2.52. The van der Waals surface area contributed by atoms with Gasteiger partial charge in [-0.05, 0) is 38.1 Å². The van der Waals surface area contributed by atoms with Crippen LogP contribution in [0.4, 0.5) is 5.69 Å². The fourth-order valence-corrected chi connectivity index (χ4v) is 3.07. The third-order valence-corrected chi connectivity index (χ3v) is 4.17. The summed E-state index contributed by atoms with van der Waals surface area (Å²) >= 11 is 0. The Hall–Kier alpha value is -1.13. The number of hydrogen-bond acceptors (Lipinski definition) is 4. The SMILES string of the molecule is c1cc(N2CCN(C3CCNCC3)CC2)ccn1. The van der Waals surface area contributed by atoms with Gasteiger partial charge in [-0.25, -0.2) is 0 Å². The number of piperazine rings is 1. The lowest BCUT2D eigenvalue weighted by atomic mass is 10.0. The van der Waals surface area contributed by atoms with Crippen molar-refractivity contribution < 1.29 is 0 Å². The molecule has 1 N–H and O–H groups in total. The molecule has 2 aliphatic heterocycles. The Morgan fingerprint density at radius 2 is 1.67 bits per heavy atom. The van der Waals surface area contributed by atoms with Crippen LogP contribution in [0.25, 0.3) is 0 Å². The van der Waals surface area contributed by atoms with Crippen LogP contribution in [0.5, 0.6) is 0 Å². The molecule has 0 saturated carbocycles. The van der Waals surface area contributed by atoms with E-state index in [1.807, 2.05) is 12.4 Å². The molecule has 2 aliphatic rings. The van der Waals surface area contributed by atoms with Crippen LogP contribution in [0.2, 0.25) is 0 Å². The van der Waals surface area contributed by atoms with Gasteiger partial charge in [0.2, 0.25) is 0 Å². The van der Waals surface area contributed by atoms with Gasteiger partial charge in [0.25, 0.3) is 0 Å². The Balaban J connectivity index is 1.54. The van der Waals surface area contributed by atoms with Gasteiger partial charge in [-0.3, -0.25) is 9.88 Å². The fourth-order valence-electron chi connectivity index (χ4n) is 3.07. The summed E-state index contributed by atoms with van der Waals surface area (Å²) in [6.07, 6.45) is 6.40. The topological polar surface area (TPSA) is 31.4 Å². The summed E-state index contributed by atoms with van der Waals surface area (Å²) < 4.78 is 0. The zero-order chi connectivity index (χ0) is 12.2. The van der Waals surface area contributed by atoms with Crippen molar-refractivity contribution in [2.75, 3.05) is 44.2 Å². The molecule has 0 radical (unpaired) electrons. The van der Waals surface area contributed by atoms with Crippen molar-refractivity contribution in [3.05, 3.63) is 24.5 Å². The second kappa shape index (κ2) is 5.67. The molecule has 0 unspecified atom stereocenters. The van der Waals surface area contributed by atoms with Crippen molar-refractivity contribution in [3.63, 3.8) is 0 Å². The highest BCUT2D eigenvalue weighted by Gasteiger charge is 2.24. The Bertz CT molecular complexity index is 353. The van der Waals surface area contributed by atoms with Crippen LogP contribution in [0.3, 0.4) is 0 Å². The van der Waals surface area contributed by atoms with Crippen LogP contribution in [-0.2, 0) is 0 Å². The number of piperidine rings is 1. The predicted molar refractivity (Wildman–Crippen MR) is 73.9 cm³/mol. The maximum Gasteiger partial charge on any atom is 0.0397 e. The standard InChI is InChI=1S/C14H22N4/c1-5-15-6-2-13(1)17-9-11-18(12-10-17)14-3-7-16-8-4-14/h1-2,5-6,14,16H,3-4,7-12H2. The predicted octanol–water partition coefficient (Wildman–Crippen LogP) is 0.956. The average molecular weight is 246 g/mol. The minimum Gasteiger partial charge on any atom is -0.369 e. The molecule has 18 heavy (non-hydrogen) atoms. The van der Waals surface area contributed by atoms with Crippen molar-refractivity contribution in [1.82, 2.24) is 15.2 Å². The van der Waals surface area contributed by atoms with Gasteiger partial charge in [-0.15, -0.1) is 0 Å². The van der Waals surface area contributed by atoms with Crippen LogP contribution >= 0.6 is 0 Å². The number of hydrogen-bond donors (Lipinski definition) is 1. The number of aromatic nitrogens is 1. The quantitative estimate of drug-likeness (QED) is 0.842. The molecule has 3 rings (SSSR count). The van der Waals surface area contributed by atoms with Gasteiger partial charge in [0.1, 0.15) is 0 Å². The van der Waals surface area contributed by atoms with Gasteiger partial charge in [-0.2, -0.15) is 0 Å². The van der Waals surface area contributed by atoms with E-state index in [0.717, 1.165) is 19.1 Å². The summed E-state index contributed by atoms with van der Waals surface area (Å²) in [6, 6.07) is 5.03. The Kier molecular flexibility index (Phi) is 3.76. The molecule has 2 fully saturated rings. The van der Waals surface area contributed by atoms with Gasteiger partial charge in [0, 0.05) is 50.3 Å².